The first-order chi connectivity index (χ1) is 6.40. The van der Waals surface area contributed by atoms with Gasteiger partial charge in [-0.3, -0.25) is 0 Å². The van der Waals surface area contributed by atoms with Crippen LogP contribution in [0.1, 0.15) is 5.56 Å². The predicted molar refractivity (Wildman–Crippen MR) is 44.4 cm³/mol. The third-order valence-electron chi connectivity index (χ3n) is 1.59. The molecule has 0 aromatic heterocycles. The molecular weight excluding hydrogens is 197 g/mol. The summed E-state index contributed by atoms with van der Waals surface area (Å²) in [6, 6.07) is 4.38. The normalized spacial score (nSPS) is 11.4. The lowest BCUT2D eigenvalue weighted by atomic mass is 10.2. The van der Waals surface area contributed by atoms with E-state index in [0.717, 1.165) is 0 Å². The zero-order valence-electron chi connectivity index (χ0n) is 7.43. The van der Waals surface area contributed by atoms with E-state index in [4.69, 9.17) is 0 Å². The van der Waals surface area contributed by atoms with Gasteiger partial charge in [0.2, 0.25) is 0 Å². The van der Waals surface area contributed by atoms with Crippen LogP contribution in [0.2, 0.25) is 0 Å². The van der Waals surface area contributed by atoms with Gasteiger partial charge in [0.15, 0.2) is 18.1 Å². The van der Waals surface area contributed by atoms with Crippen LogP contribution >= 0.6 is 0 Å². The Hall–Kier alpha value is -1.39. The molecule has 2 nitrogen and oxygen atoms in total. The molecule has 0 aliphatic rings. The van der Waals surface area contributed by atoms with Crippen LogP contribution in [0.25, 0.3) is 0 Å². The number of ether oxygens (including phenoxy) is 1. The number of hydrogen-bond acceptors (Lipinski definition) is 2. The molecule has 0 fully saturated rings. The van der Waals surface area contributed by atoms with Crippen molar-refractivity contribution in [3.05, 3.63) is 23.8 Å². The van der Waals surface area contributed by atoms with Crippen LogP contribution in [0.5, 0.6) is 11.5 Å². The van der Waals surface area contributed by atoms with E-state index in [-0.39, 0.29) is 11.5 Å². The molecule has 14 heavy (non-hydrogen) atoms. The smallest absolute Gasteiger partial charge is 0.422 e. The molecule has 0 unspecified atom stereocenters. The van der Waals surface area contributed by atoms with Crippen molar-refractivity contribution in [2.24, 2.45) is 0 Å². The van der Waals surface area contributed by atoms with Crippen molar-refractivity contribution in [3.63, 3.8) is 0 Å². The molecule has 0 heterocycles. The first kappa shape index (κ1) is 10.7. The highest BCUT2D eigenvalue weighted by Gasteiger charge is 2.28. The van der Waals surface area contributed by atoms with Crippen molar-refractivity contribution in [2.45, 2.75) is 13.1 Å². The molecule has 0 saturated carbocycles. The summed E-state index contributed by atoms with van der Waals surface area (Å²) in [6.07, 6.45) is -4.39. The zero-order chi connectivity index (χ0) is 10.8. The molecular formula is C9H9F3O2. The maximum atomic E-state index is 11.8. The van der Waals surface area contributed by atoms with Crippen molar-refractivity contribution in [1.82, 2.24) is 0 Å². The van der Waals surface area contributed by atoms with Crippen LogP contribution in [0.3, 0.4) is 0 Å². The number of aromatic hydroxyl groups is 1. The van der Waals surface area contributed by atoms with Crippen molar-refractivity contribution in [3.8, 4) is 11.5 Å². The molecule has 0 radical (unpaired) electrons. The Balaban J connectivity index is 2.73. The van der Waals surface area contributed by atoms with Gasteiger partial charge in [-0.05, 0) is 18.6 Å². The van der Waals surface area contributed by atoms with Gasteiger partial charge >= 0.3 is 6.18 Å². The molecule has 0 saturated heterocycles. The van der Waals surface area contributed by atoms with Gasteiger partial charge < -0.3 is 9.84 Å². The Kier molecular flexibility index (Phi) is 2.88. The Morgan fingerprint density at radius 2 is 2.00 bits per heavy atom. The van der Waals surface area contributed by atoms with E-state index in [1.807, 2.05) is 0 Å². The zero-order valence-corrected chi connectivity index (χ0v) is 7.43. The number of para-hydroxylation sites is 1. The molecule has 1 aromatic carbocycles. The number of hydrogen-bond donors (Lipinski definition) is 1. The second kappa shape index (κ2) is 3.77. The molecule has 0 amide bonds. The van der Waals surface area contributed by atoms with Crippen molar-refractivity contribution >= 4 is 0 Å². The van der Waals surface area contributed by atoms with E-state index in [0.29, 0.717) is 5.56 Å². The molecule has 1 N–H and O–H groups in total. The minimum absolute atomic E-state index is 0.151. The summed E-state index contributed by atoms with van der Waals surface area (Å²) in [5.74, 6) is -0.404. The van der Waals surface area contributed by atoms with Crippen LogP contribution in [0.15, 0.2) is 18.2 Å². The molecule has 78 valence electrons. The molecule has 0 aliphatic carbocycles. The van der Waals surface area contributed by atoms with Crippen molar-refractivity contribution < 1.29 is 23.0 Å². The van der Waals surface area contributed by atoms with Crippen LogP contribution in [-0.4, -0.2) is 17.9 Å². The van der Waals surface area contributed by atoms with Gasteiger partial charge in [-0.25, -0.2) is 0 Å². The molecule has 0 aliphatic heterocycles. The summed E-state index contributed by atoms with van der Waals surface area (Å²) in [6.45, 7) is 0.180. The third kappa shape index (κ3) is 2.83. The van der Waals surface area contributed by atoms with Gasteiger partial charge in [0, 0.05) is 0 Å². The number of alkyl halides is 3. The fourth-order valence-electron chi connectivity index (χ4n) is 0.908. The summed E-state index contributed by atoms with van der Waals surface area (Å²) in [5.41, 5.74) is 0.477. The van der Waals surface area contributed by atoms with Crippen LogP contribution in [-0.2, 0) is 0 Å². The quantitative estimate of drug-likeness (QED) is 0.805. The number of benzene rings is 1. The molecule has 5 heteroatoms. The summed E-state index contributed by atoms with van der Waals surface area (Å²) < 4.78 is 39.7. The standard InChI is InChI=1S/C9H9F3O2/c1-6-3-2-4-7(8(6)13)14-5-9(10,11)12/h2-4,13H,5H2,1H3. The molecule has 0 atom stereocenters. The minimum atomic E-state index is -4.39. The Morgan fingerprint density at radius 1 is 1.36 bits per heavy atom. The topological polar surface area (TPSA) is 29.5 Å². The van der Waals surface area contributed by atoms with E-state index in [1.54, 1.807) is 13.0 Å². The molecule has 0 spiro atoms. The average molecular weight is 206 g/mol. The summed E-state index contributed by atoms with van der Waals surface area (Å²) >= 11 is 0. The third-order valence-corrected chi connectivity index (χ3v) is 1.59. The van der Waals surface area contributed by atoms with E-state index in [1.165, 1.54) is 12.1 Å². The number of phenols is 1. The van der Waals surface area contributed by atoms with Crippen molar-refractivity contribution in [2.75, 3.05) is 6.61 Å². The lowest BCUT2D eigenvalue weighted by Crippen LogP contribution is -2.19. The van der Waals surface area contributed by atoms with Crippen LogP contribution in [0, 0.1) is 6.92 Å². The average Bonchev–Trinajstić information content (AvgIpc) is 2.06. The molecule has 1 rings (SSSR count). The minimum Gasteiger partial charge on any atom is -0.504 e. The van der Waals surface area contributed by atoms with E-state index in [9.17, 15) is 18.3 Å². The van der Waals surface area contributed by atoms with Crippen LogP contribution < -0.4 is 4.74 Å². The van der Waals surface area contributed by atoms with Gasteiger partial charge in [-0.15, -0.1) is 0 Å². The van der Waals surface area contributed by atoms with Gasteiger partial charge in [-0.1, -0.05) is 12.1 Å². The highest BCUT2D eigenvalue weighted by atomic mass is 19.4. The monoisotopic (exact) mass is 206 g/mol. The SMILES string of the molecule is Cc1cccc(OCC(F)(F)F)c1O. The highest BCUT2D eigenvalue weighted by molar-refractivity contribution is 5.44. The summed E-state index contributed by atoms with van der Waals surface area (Å²) in [4.78, 5) is 0. The number of halogens is 3. The lowest BCUT2D eigenvalue weighted by Gasteiger charge is -2.11. The number of rotatable bonds is 2. The number of aryl methyl sites for hydroxylation is 1. The van der Waals surface area contributed by atoms with Gasteiger partial charge in [0.25, 0.3) is 0 Å². The Bertz CT molecular complexity index is 320. The molecule has 0 bridgehead atoms. The van der Waals surface area contributed by atoms with Crippen molar-refractivity contribution in [1.29, 1.82) is 0 Å². The number of phenolic OH excluding ortho intramolecular Hbond substituents is 1. The maximum absolute atomic E-state index is 11.8. The van der Waals surface area contributed by atoms with E-state index in [2.05, 4.69) is 4.74 Å². The molecule has 1 aromatic rings. The van der Waals surface area contributed by atoms with Crippen LogP contribution in [0.4, 0.5) is 13.2 Å². The Morgan fingerprint density at radius 3 is 2.57 bits per heavy atom. The fraction of sp³-hybridized carbons (Fsp3) is 0.333. The van der Waals surface area contributed by atoms with Gasteiger partial charge in [-0.2, -0.15) is 13.2 Å². The first-order valence-corrected chi connectivity index (χ1v) is 3.88. The van der Waals surface area contributed by atoms with Gasteiger partial charge in [0.05, 0.1) is 0 Å². The maximum Gasteiger partial charge on any atom is 0.422 e. The van der Waals surface area contributed by atoms with E-state index < -0.39 is 12.8 Å². The summed E-state index contributed by atoms with van der Waals surface area (Å²) in [5, 5.41) is 9.30. The largest absolute Gasteiger partial charge is 0.504 e. The summed E-state index contributed by atoms with van der Waals surface area (Å²) in [7, 11) is 0. The first-order valence-electron chi connectivity index (χ1n) is 3.88. The fourth-order valence-corrected chi connectivity index (χ4v) is 0.908. The predicted octanol–water partition coefficient (Wildman–Crippen LogP) is 2.64. The highest BCUT2D eigenvalue weighted by Crippen LogP contribution is 2.30. The Labute approximate surface area is 78.9 Å². The van der Waals surface area contributed by atoms with Gasteiger partial charge in [0.1, 0.15) is 0 Å². The second-order valence-electron chi connectivity index (χ2n) is 2.83. The van der Waals surface area contributed by atoms with E-state index >= 15 is 0 Å². The lowest BCUT2D eigenvalue weighted by molar-refractivity contribution is -0.153. The second-order valence-corrected chi connectivity index (χ2v) is 2.83.